The van der Waals surface area contributed by atoms with Crippen LogP contribution < -0.4 is 10.9 Å². The van der Waals surface area contributed by atoms with Gasteiger partial charge in [0.15, 0.2) is 16.6 Å². The second-order valence-corrected chi connectivity index (χ2v) is 13.8. The van der Waals surface area contributed by atoms with Gasteiger partial charge in [0.25, 0.3) is 0 Å². The topological polar surface area (TPSA) is 133 Å². The van der Waals surface area contributed by atoms with Crippen LogP contribution in [0.25, 0.3) is 54.2 Å². The molecule has 1 radical (unpaired) electrons. The lowest BCUT2D eigenvalue weighted by Crippen LogP contribution is -2.17. The summed E-state index contributed by atoms with van der Waals surface area (Å²) in [6.07, 6.45) is 10.9. The van der Waals surface area contributed by atoms with E-state index >= 15 is 0 Å². The number of carbonyl (C=O) groups is 3. The molecule has 0 fully saturated rings. The van der Waals surface area contributed by atoms with Gasteiger partial charge in [0, 0.05) is 54.2 Å². The van der Waals surface area contributed by atoms with Gasteiger partial charge in [-0.15, -0.1) is 0 Å². The molecule has 271 valence electrons. The highest BCUT2D eigenvalue weighted by Gasteiger charge is 2.31. The molecule has 0 bridgehead atoms. The van der Waals surface area contributed by atoms with Crippen LogP contribution in [0.5, 0.6) is 5.75 Å². The van der Waals surface area contributed by atoms with Crippen molar-refractivity contribution >= 4 is 61.0 Å². The second-order valence-electron chi connectivity index (χ2n) is 13.8. The van der Waals surface area contributed by atoms with Crippen molar-refractivity contribution in [2.24, 2.45) is 0 Å². The van der Waals surface area contributed by atoms with Crippen LogP contribution in [-0.2, 0) is 19.3 Å². The molecule has 0 N–H and O–H groups in total. The fraction of sp³-hybridized carbons (Fsp3) is 0.419. The van der Waals surface area contributed by atoms with Crippen LogP contribution in [-0.4, -0.2) is 37.7 Å². The van der Waals surface area contributed by atoms with Crippen molar-refractivity contribution in [2.45, 2.75) is 97.8 Å². The van der Waals surface area contributed by atoms with Gasteiger partial charge in [0.1, 0.15) is 0 Å². The van der Waals surface area contributed by atoms with Crippen LogP contribution in [0.15, 0.2) is 46.0 Å². The molecule has 9 heteroatoms. The third-order valence-electron chi connectivity index (χ3n) is 10.0. The maximum atomic E-state index is 14.4. The molecule has 0 aromatic heterocycles. The van der Waals surface area contributed by atoms with Gasteiger partial charge in [0.05, 0.1) is 36.5 Å². The minimum absolute atomic E-state index is 0.0380. The Morgan fingerprint density at radius 1 is 0.442 bits per heavy atom. The molecule has 0 heterocycles. The van der Waals surface area contributed by atoms with E-state index in [0.717, 1.165) is 57.8 Å². The van der Waals surface area contributed by atoms with Crippen molar-refractivity contribution in [3.63, 3.8) is 0 Å². The molecule has 9 nitrogen and oxygen atoms in total. The van der Waals surface area contributed by atoms with Gasteiger partial charge in [-0.1, -0.05) is 78.6 Å². The van der Waals surface area contributed by atoms with Crippen LogP contribution in [0, 0.1) is 0 Å². The molecule has 0 saturated carbocycles. The quantitative estimate of drug-likeness (QED) is 0.0284. The molecule has 0 aliphatic heterocycles. The predicted octanol–water partition coefficient (Wildman–Crippen LogP) is 9.79. The number of esters is 3. The van der Waals surface area contributed by atoms with Gasteiger partial charge in [-0.2, -0.15) is 0 Å². The van der Waals surface area contributed by atoms with E-state index in [1.807, 2.05) is 0 Å². The number of carbonyl (C=O) groups excluding carboxylic acids is 3. The average Bonchev–Trinajstić information content (AvgIpc) is 3.15. The first-order valence-corrected chi connectivity index (χ1v) is 18.8. The Balaban J connectivity index is 1.57. The highest BCUT2D eigenvalue weighted by atomic mass is 16.5. The molecule has 52 heavy (non-hydrogen) atoms. The van der Waals surface area contributed by atoms with E-state index < -0.39 is 34.5 Å². The smallest absolute Gasteiger partial charge is 0.338 e. The molecular formula is C43H45O9. The summed E-state index contributed by atoms with van der Waals surface area (Å²) in [6, 6.07) is 8.60. The zero-order valence-electron chi connectivity index (χ0n) is 30.2. The third kappa shape index (κ3) is 6.93. The SMILES string of the molecule is CCCCCCOC(=O)c1cc2c3c(c1)c(=O)c1cc(C(=O)OCCCCCC)cc4c([O])c5cc(C(=O)OCCCCCC)cc(c2=O)c5c-3c41. The van der Waals surface area contributed by atoms with E-state index in [2.05, 4.69) is 20.8 Å². The van der Waals surface area contributed by atoms with E-state index in [4.69, 9.17) is 14.2 Å². The Hall–Kier alpha value is -5.05. The van der Waals surface area contributed by atoms with Crippen molar-refractivity contribution in [2.75, 3.05) is 19.8 Å². The van der Waals surface area contributed by atoms with Gasteiger partial charge in [-0.05, 0) is 55.7 Å². The van der Waals surface area contributed by atoms with E-state index in [0.29, 0.717) is 41.2 Å². The molecule has 4 aromatic rings. The first-order valence-electron chi connectivity index (χ1n) is 18.8. The van der Waals surface area contributed by atoms with Crippen LogP contribution in [0.3, 0.4) is 0 Å². The highest BCUT2D eigenvalue weighted by molar-refractivity contribution is 6.33. The second kappa shape index (κ2) is 16.1. The Kier molecular flexibility index (Phi) is 11.4. The monoisotopic (exact) mass is 705 g/mol. The van der Waals surface area contributed by atoms with Gasteiger partial charge < -0.3 is 14.2 Å². The van der Waals surface area contributed by atoms with Crippen LogP contribution in [0.1, 0.15) is 129 Å². The summed E-state index contributed by atoms with van der Waals surface area (Å²) in [5.74, 6) is -2.53. The third-order valence-corrected chi connectivity index (χ3v) is 10.0. The largest absolute Gasteiger partial charge is 0.462 e. The van der Waals surface area contributed by atoms with Gasteiger partial charge in [-0.3, -0.25) is 14.7 Å². The molecule has 0 unspecified atom stereocenters. The Morgan fingerprint density at radius 3 is 1.12 bits per heavy atom. The molecule has 0 saturated heterocycles. The highest BCUT2D eigenvalue weighted by Crippen LogP contribution is 2.50. The molecule has 0 amide bonds. The fourth-order valence-corrected chi connectivity index (χ4v) is 7.30. The summed E-state index contributed by atoms with van der Waals surface area (Å²) in [7, 11) is 0. The molecule has 2 aliphatic rings. The number of benzene rings is 6. The zero-order chi connectivity index (χ0) is 36.9. The summed E-state index contributed by atoms with van der Waals surface area (Å²) in [5.41, 5.74) is -0.133. The van der Waals surface area contributed by atoms with E-state index in [1.165, 1.54) is 36.4 Å². The molecule has 6 rings (SSSR count). The Labute approximate surface area is 302 Å². The first kappa shape index (κ1) is 36.7. The molecule has 4 aromatic carbocycles. The number of hydrogen-bond donors (Lipinski definition) is 0. The van der Waals surface area contributed by atoms with E-state index in [9.17, 15) is 29.1 Å². The maximum Gasteiger partial charge on any atom is 0.338 e. The lowest BCUT2D eigenvalue weighted by molar-refractivity contribution is 0.0489. The Bertz CT molecular complexity index is 2160. The summed E-state index contributed by atoms with van der Waals surface area (Å²) >= 11 is 0. The number of unbranched alkanes of at least 4 members (excludes halogenated alkanes) is 9. The zero-order valence-corrected chi connectivity index (χ0v) is 30.2. The van der Waals surface area contributed by atoms with Crippen molar-refractivity contribution in [1.82, 2.24) is 0 Å². The van der Waals surface area contributed by atoms with Gasteiger partial charge in [0.2, 0.25) is 0 Å². The number of rotatable bonds is 18. The van der Waals surface area contributed by atoms with Crippen molar-refractivity contribution in [3.05, 3.63) is 73.5 Å². The van der Waals surface area contributed by atoms with Crippen LogP contribution in [0.2, 0.25) is 0 Å². The molecule has 2 aliphatic carbocycles. The van der Waals surface area contributed by atoms with E-state index in [1.54, 1.807) is 0 Å². The predicted molar refractivity (Wildman–Crippen MR) is 203 cm³/mol. The van der Waals surface area contributed by atoms with Crippen molar-refractivity contribution in [3.8, 4) is 16.9 Å². The number of ether oxygens (including phenoxy) is 3. The summed E-state index contributed by atoms with van der Waals surface area (Å²) in [5, 5.41) is 15.6. The van der Waals surface area contributed by atoms with Crippen LogP contribution >= 0.6 is 0 Å². The van der Waals surface area contributed by atoms with E-state index in [-0.39, 0.29) is 68.8 Å². The number of hydrogen-bond acceptors (Lipinski definition) is 8. The lowest BCUT2D eigenvalue weighted by Gasteiger charge is -2.22. The molecular weight excluding hydrogens is 660 g/mol. The van der Waals surface area contributed by atoms with Crippen molar-refractivity contribution < 1.29 is 33.7 Å². The lowest BCUT2D eigenvalue weighted by atomic mass is 9.79. The summed E-state index contributed by atoms with van der Waals surface area (Å²) in [4.78, 5) is 68.8. The summed E-state index contributed by atoms with van der Waals surface area (Å²) in [6.45, 7) is 6.84. The van der Waals surface area contributed by atoms with Crippen molar-refractivity contribution in [1.29, 1.82) is 0 Å². The first-order chi connectivity index (χ1) is 25.2. The maximum absolute atomic E-state index is 14.4. The average molecular weight is 706 g/mol. The van der Waals surface area contributed by atoms with Gasteiger partial charge >= 0.3 is 17.9 Å². The standard InChI is InChI=1S/C43H45O9/c1-4-7-10-13-16-50-41(47)25-19-28-34-29(20-25)39(45)31-22-27(43(49)52-18-15-12-9-6-3)24-33-36(31)37(34)35-30(38(28)44)21-26(23-32(35)40(33)46)42(48)51-17-14-11-8-5-2/h19-24H,4-18H2,1-3H3. The molecule has 0 spiro atoms. The minimum Gasteiger partial charge on any atom is -0.462 e. The molecule has 0 atom stereocenters. The fourth-order valence-electron chi connectivity index (χ4n) is 7.30. The van der Waals surface area contributed by atoms with Gasteiger partial charge in [-0.25, -0.2) is 14.4 Å². The Morgan fingerprint density at radius 2 is 0.769 bits per heavy atom. The minimum atomic E-state index is -0.668. The summed E-state index contributed by atoms with van der Waals surface area (Å²) < 4.78 is 16.7. The van der Waals surface area contributed by atoms with Crippen LogP contribution in [0.4, 0.5) is 0 Å². The normalized spacial score (nSPS) is 11.8.